The Morgan fingerprint density at radius 1 is 1.21 bits per heavy atom. The Labute approximate surface area is 170 Å². The number of nitriles is 1. The van der Waals surface area contributed by atoms with Crippen LogP contribution in [0, 0.1) is 17.1 Å². The highest BCUT2D eigenvalue weighted by molar-refractivity contribution is 5.69. The molecule has 1 amide bonds. The van der Waals surface area contributed by atoms with E-state index in [1.807, 2.05) is 35.2 Å². The molecule has 29 heavy (non-hydrogen) atoms. The fourth-order valence-electron chi connectivity index (χ4n) is 4.38. The van der Waals surface area contributed by atoms with Gasteiger partial charge in [-0.1, -0.05) is 48.0 Å². The summed E-state index contributed by atoms with van der Waals surface area (Å²) >= 11 is 0. The lowest BCUT2D eigenvalue weighted by atomic mass is 9.83. The van der Waals surface area contributed by atoms with E-state index in [1.165, 1.54) is 17.7 Å². The van der Waals surface area contributed by atoms with Crippen LogP contribution in [-0.2, 0) is 17.8 Å². The van der Waals surface area contributed by atoms with Crippen molar-refractivity contribution >= 4 is 6.09 Å². The minimum absolute atomic E-state index is 0.0201. The van der Waals surface area contributed by atoms with Crippen molar-refractivity contribution < 1.29 is 13.9 Å². The second-order valence-corrected chi connectivity index (χ2v) is 7.72. The monoisotopic (exact) mass is 390 g/mol. The first-order valence-corrected chi connectivity index (χ1v) is 10.0. The molecule has 0 spiro atoms. The number of nitrogens with zero attached hydrogens (tertiary/aromatic N) is 2. The molecule has 2 aliphatic rings. The summed E-state index contributed by atoms with van der Waals surface area (Å²) in [5, 5.41) is 9.30. The lowest BCUT2D eigenvalue weighted by Gasteiger charge is -2.44. The van der Waals surface area contributed by atoms with E-state index in [9.17, 15) is 14.4 Å². The molecule has 2 heterocycles. The maximum Gasteiger partial charge on any atom is 0.410 e. The van der Waals surface area contributed by atoms with E-state index >= 15 is 0 Å². The molecule has 0 aromatic heterocycles. The molecule has 2 aromatic rings. The highest BCUT2D eigenvalue weighted by Gasteiger charge is 2.37. The van der Waals surface area contributed by atoms with E-state index in [4.69, 9.17) is 4.74 Å². The Morgan fingerprint density at radius 3 is 2.79 bits per heavy atom. The van der Waals surface area contributed by atoms with Gasteiger partial charge in [-0.2, -0.15) is 5.26 Å². The van der Waals surface area contributed by atoms with Gasteiger partial charge in [-0.15, -0.1) is 0 Å². The lowest BCUT2D eigenvalue weighted by Crippen LogP contribution is -2.52. The van der Waals surface area contributed by atoms with E-state index in [0.717, 1.165) is 36.8 Å². The van der Waals surface area contributed by atoms with Gasteiger partial charge in [0.25, 0.3) is 0 Å². The Morgan fingerprint density at radius 2 is 2.03 bits per heavy atom. The molecule has 2 aromatic carbocycles. The van der Waals surface area contributed by atoms with Crippen LogP contribution in [0.4, 0.5) is 9.18 Å². The number of hydrogen-bond donors (Lipinski definition) is 0. The van der Waals surface area contributed by atoms with Gasteiger partial charge in [0.05, 0.1) is 17.7 Å². The number of rotatable bonds is 4. The maximum absolute atomic E-state index is 13.4. The molecule has 0 saturated carbocycles. The van der Waals surface area contributed by atoms with Gasteiger partial charge in [0.2, 0.25) is 0 Å². The van der Waals surface area contributed by atoms with Gasteiger partial charge < -0.3 is 4.74 Å². The van der Waals surface area contributed by atoms with Crippen LogP contribution in [0.1, 0.15) is 42.4 Å². The first-order valence-electron chi connectivity index (χ1n) is 10.0. The third kappa shape index (κ3) is 4.32. The zero-order valence-corrected chi connectivity index (χ0v) is 16.2. The second-order valence-electron chi connectivity index (χ2n) is 7.72. The van der Waals surface area contributed by atoms with Crippen LogP contribution in [0.3, 0.4) is 0 Å². The van der Waals surface area contributed by atoms with Crippen molar-refractivity contribution in [1.82, 2.24) is 4.90 Å². The summed E-state index contributed by atoms with van der Waals surface area (Å²) in [6, 6.07) is 16.3. The average molecular weight is 390 g/mol. The lowest BCUT2D eigenvalue weighted by molar-refractivity contribution is 0.0481. The number of amides is 1. The summed E-state index contributed by atoms with van der Waals surface area (Å²) in [5.41, 5.74) is 3.38. The number of hydrogen-bond acceptors (Lipinski definition) is 3. The molecule has 1 saturated heterocycles. The predicted octanol–water partition coefficient (Wildman–Crippen LogP) is 5.13. The van der Waals surface area contributed by atoms with Crippen LogP contribution in [0.25, 0.3) is 0 Å². The molecule has 2 aliphatic heterocycles. The van der Waals surface area contributed by atoms with Crippen LogP contribution in [-0.4, -0.2) is 23.1 Å². The highest BCUT2D eigenvalue weighted by Crippen LogP contribution is 2.35. The van der Waals surface area contributed by atoms with E-state index in [2.05, 4.69) is 12.1 Å². The van der Waals surface area contributed by atoms with Gasteiger partial charge >= 0.3 is 6.09 Å². The van der Waals surface area contributed by atoms with Crippen molar-refractivity contribution in [3.05, 3.63) is 82.7 Å². The standard InChI is InChI=1S/C24H23FN2O2/c25-21-10-9-19(20(14-21)15-26)11-18-12-22-7-4-8-23(13-18)27(22)24(28)29-16-17-5-2-1-3-6-17/h1-3,5-6,9-10,12,14,22-23H,4,7-8,11,13,16H2. The molecule has 4 nitrogen and oxygen atoms in total. The quantitative estimate of drug-likeness (QED) is 0.680. The van der Waals surface area contributed by atoms with Crippen molar-refractivity contribution in [2.75, 3.05) is 0 Å². The molecule has 2 unspecified atom stereocenters. The molecule has 148 valence electrons. The summed E-state index contributed by atoms with van der Waals surface area (Å²) in [7, 11) is 0. The van der Waals surface area contributed by atoms with E-state index in [0.29, 0.717) is 12.0 Å². The first kappa shape index (κ1) is 19.2. The fourth-order valence-corrected chi connectivity index (χ4v) is 4.38. The van der Waals surface area contributed by atoms with Crippen LogP contribution in [0.2, 0.25) is 0 Å². The molecule has 0 radical (unpaired) electrons. The molecule has 2 atom stereocenters. The number of fused-ring (bicyclic) bond motifs is 2. The highest BCUT2D eigenvalue weighted by atomic mass is 19.1. The van der Waals surface area contributed by atoms with Crippen LogP contribution >= 0.6 is 0 Å². The number of piperidine rings is 1. The molecule has 4 rings (SSSR count). The number of ether oxygens (including phenoxy) is 1. The van der Waals surface area contributed by atoms with E-state index in [1.54, 1.807) is 6.07 Å². The van der Waals surface area contributed by atoms with Gasteiger partial charge in [0, 0.05) is 6.04 Å². The van der Waals surface area contributed by atoms with Crippen molar-refractivity contribution in [2.45, 2.75) is 50.8 Å². The van der Waals surface area contributed by atoms with Gasteiger partial charge in [0.1, 0.15) is 12.4 Å². The Balaban J connectivity index is 1.47. The van der Waals surface area contributed by atoms with Crippen molar-refractivity contribution in [2.24, 2.45) is 0 Å². The number of carbonyl (C=O) groups excluding carboxylic acids is 1. The Bertz CT molecular complexity index is 965. The topological polar surface area (TPSA) is 53.3 Å². The van der Waals surface area contributed by atoms with Gasteiger partial charge in [-0.25, -0.2) is 9.18 Å². The van der Waals surface area contributed by atoms with Crippen molar-refractivity contribution in [3.63, 3.8) is 0 Å². The molecular formula is C24H23FN2O2. The van der Waals surface area contributed by atoms with Crippen LogP contribution < -0.4 is 0 Å². The van der Waals surface area contributed by atoms with E-state index < -0.39 is 5.82 Å². The summed E-state index contributed by atoms with van der Waals surface area (Å²) in [6.07, 6.45) is 6.20. The van der Waals surface area contributed by atoms with Gasteiger partial charge in [-0.3, -0.25) is 4.90 Å². The predicted molar refractivity (Wildman–Crippen MR) is 107 cm³/mol. The van der Waals surface area contributed by atoms with E-state index in [-0.39, 0.29) is 24.8 Å². The Hall–Kier alpha value is -3.13. The van der Waals surface area contributed by atoms with Crippen LogP contribution in [0.15, 0.2) is 60.2 Å². The smallest absolute Gasteiger partial charge is 0.410 e. The van der Waals surface area contributed by atoms with Crippen molar-refractivity contribution in [1.29, 1.82) is 5.26 Å². The number of halogens is 1. The largest absolute Gasteiger partial charge is 0.445 e. The zero-order chi connectivity index (χ0) is 20.2. The summed E-state index contributed by atoms with van der Waals surface area (Å²) < 4.78 is 19.0. The second kappa shape index (κ2) is 8.48. The molecule has 1 fully saturated rings. The van der Waals surface area contributed by atoms with Crippen molar-refractivity contribution in [3.8, 4) is 6.07 Å². The molecular weight excluding hydrogens is 367 g/mol. The fraction of sp³-hybridized carbons (Fsp3) is 0.333. The summed E-state index contributed by atoms with van der Waals surface area (Å²) in [5.74, 6) is -0.396. The summed E-state index contributed by atoms with van der Waals surface area (Å²) in [4.78, 5) is 14.7. The molecule has 5 heteroatoms. The SMILES string of the molecule is N#Cc1cc(F)ccc1CC1=CC2CCCC(C1)N2C(=O)OCc1ccccc1. The average Bonchev–Trinajstić information content (AvgIpc) is 2.73. The molecule has 0 N–H and O–H groups in total. The molecule has 0 aliphatic carbocycles. The maximum atomic E-state index is 13.4. The minimum Gasteiger partial charge on any atom is -0.445 e. The van der Waals surface area contributed by atoms with Gasteiger partial charge in [0.15, 0.2) is 0 Å². The zero-order valence-electron chi connectivity index (χ0n) is 16.2. The number of carbonyl (C=O) groups is 1. The summed E-state index contributed by atoms with van der Waals surface area (Å²) in [6.45, 7) is 0.271. The molecule has 2 bridgehead atoms. The first-order chi connectivity index (χ1) is 14.1. The normalized spacial score (nSPS) is 20.6. The third-order valence-corrected chi connectivity index (χ3v) is 5.74. The van der Waals surface area contributed by atoms with Gasteiger partial charge in [-0.05, 0) is 55.4 Å². The Kier molecular flexibility index (Phi) is 5.62. The third-order valence-electron chi connectivity index (χ3n) is 5.74. The minimum atomic E-state index is -0.396. The van der Waals surface area contributed by atoms with Crippen LogP contribution in [0.5, 0.6) is 0 Å². The number of benzene rings is 2.